The maximum absolute atomic E-state index is 13.4. The minimum Gasteiger partial charge on any atom is -0.383 e. The van der Waals surface area contributed by atoms with Crippen molar-refractivity contribution in [2.75, 3.05) is 20.8 Å². The second-order valence-electron chi connectivity index (χ2n) is 7.08. The Morgan fingerprint density at radius 1 is 1.31 bits per heavy atom. The molecular weight excluding hydrogens is 376 g/mol. The number of ether oxygens (including phenoxy) is 1. The average Bonchev–Trinajstić information content (AvgIpc) is 2.95. The smallest absolute Gasteiger partial charge is 0.264 e. The molecule has 154 valence electrons. The van der Waals surface area contributed by atoms with Gasteiger partial charge in [-0.25, -0.2) is 8.78 Å². The molecule has 0 spiro atoms. The van der Waals surface area contributed by atoms with E-state index in [4.69, 9.17) is 4.74 Å². The first kappa shape index (κ1) is 22.3. The Balaban J connectivity index is 2.27. The molecule has 1 unspecified atom stereocenters. The van der Waals surface area contributed by atoms with Gasteiger partial charge in [-0.3, -0.25) is 4.79 Å². The van der Waals surface area contributed by atoms with Gasteiger partial charge in [0, 0.05) is 32.1 Å². The number of amides is 1. The van der Waals surface area contributed by atoms with Gasteiger partial charge < -0.3 is 14.2 Å². The Morgan fingerprint density at radius 2 is 2.00 bits per heavy atom. The quantitative estimate of drug-likeness (QED) is 0.517. The van der Waals surface area contributed by atoms with Crippen molar-refractivity contribution in [3.8, 4) is 6.07 Å². The summed E-state index contributed by atoms with van der Waals surface area (Å²) in [6.07, 6.45) is 1.56. The van der Waals surface area contributed by atoms with Gasteiger partial charge in [-0.05, 0) is 56.2 Å². The number of nitriles is 1. The molecule has 1 aromatic heterocycles. The van der Waals surface area contributed by atoms with E-state index in [1.807, 2.05) is 32.9 Å². The average molecular weight is 401 g/mol. The van der Waals surface area contributed by atoms with Crippen molar-refractivity contribution in [2.45, 2.75) is 33.4 Å². The molecule has 2 rings (SSSR count). The van der Waals surface area contributed by atoms with Crippen LogP contribution in [0.3, 0.4) is 0 Å². The van der Waals surface area contributed by atoms with Crippen molar-refractivity contribution >= 4 is 12.0 Å². The zero-order chi connectivity index (χ0) is 21.7. The van der Waals surface area contributed by atoms with Crippen LogP contribution in [0.5, 0.6) is 0 Å². The van der Waals surface area contributed by atoms with Gasteiger partial charge in [0.2, 0.25) is 0 Å². The molecule has 0 radical (unpaired) electrons. The fraction of sp³-hybridized carbons (Fsp3) is 0.364. The third-order valence-corrected chi connectivity index (χ3v) is 4.77. The molecule has 7 heteroatoms. The van der Waals surface area contributed by atoms with E-state index in [0.717, 1.165) is 29.1 Å². The lowest BCUT2D eigenvalue weighted by molar-refractivity contribution is -0.125. The second-order valence-corrected chi connectivity index (χ2v) is 7.08. The number of halogens is 2. The topological polar surface area (TPSA) is 58.3 Å². The van der Waals surface area contributed by atoms with Crippen molar-refractivity contribution in [3.05, 3.63) is 64.0 Å². The van der Waals surface area contributed by atoms with Crippen LogP contribution in [0.4, 0.5) is 8.78 Å². The lowest BCUT2D eigenvalue weighted by Crippen LogP contribution is -2.27. The first-order valence-corrected chi connectivity index (χ1v) is 9.18. The number of rotatable bonds is 7. The number of hydrogen-bond donors (Lipinski definition) is 0. The van der Waals surface area contributed by atoms with Crippen molar-refractivity contribution in [1.82, 2.24) is 9.47 Å². The van der Waals surface area contributed by atoms with Crippen molar-refractivity contribution in [2.24, 2.45) is 0 Å². The first-order chi connectivity index (χ1) is 13.7. The lowest BCUT2D eigenvalue weighted by atomic mass is 10.1. The molecule has 1 atom stereocenters. The Bertz CT molecular complexity index is 973. The van der Waals surface area contributed by atoms with Crippen LogP contribution in [0.25, 0.3) is 6.08 Å². The number of likely N-dealkylation sites (N-methyl/N-ethyl adjacent to an activating group) is 1. The van der Waals surface area contributed by atoms with Crippen LogP contribution in [-0.4, -0.2) is 36.1 Å². The summed E-state index contributed by atoms with van der Waals surface area (Å²) in [6, 6.07) is 7.44. The summed E-state index contributed by atoms with van der Waals surface area (Å²) in [6.45, 7) is 6.51. The zero-order valence-electron chi connectivity index (χ0n) is 17.3. The zero-order valence-corrected chi connectivity index (χ0v) is 17.3. The number of carbonyl (C=O) groups is 1. The highest BCUT2D eigenvalue weighted by molar-refractivity contribution is 6.01. The summed E-state index contributed by atoms with van der Waals surface area (Å²) in [5, 5.41) is 9.51. The van der Waals surface area contributed by atoms with Gasteiger partial charge in [0.05, 0.1) is 12.6 Å². The summed E-state index contributed by atoms with van der Waals surface area (Å²) >= 11 is 0. The number of hydrogen-bond acceptors (Lipinski definition) is 3. The van der Waals surface area contributed by atoms with Crippen molar-refractivity contribution in [3.63, 3.8) is 0 Å². The van der Waals surface area contributed by atoms with Crippen molar-refractivity contribution in [1.29, 1.82) is 5.26 Å². The summed E-state index contributed by atoms with van der Waals surface area (Å²) in [7, 11) is 3.15. The largest absolute Gasteiger partial charge is 0.383 e. The van der Waals surface area contributed by atoms with Crippen LogP contribution in [0.1, 0.15) is 35.5 Å². The highest BCUT2D eigenvalue weighted by Gasteiger charge is 2.18. The fourth-order valence-corrected chi connectivity index (χ4v) is 3.43. The van der Waals surface area contributed by atoms with Gasteiger partial charge in [0.1, 0.15) is 11.6 Å². The highest BCUT2D eigenvalue weighted by Crippen LogP contribution is 2.23. The molecule has 0 saturated carbocycles. The highest BCUT2D eigenvalue weighted by atomic mass is 19.2. The lowest BCUT2D eigenvalue weighted by Gasteiger charge is -2.18. The third kappa shape index (κ3) is 5.09. The molecule has 0 bridgehead atoms. The molecular formula is C22H25F2N3O2. The van der Waals surface area contributed by atoms with E-state index in [2.05, 4.69) is 4.57 Å². The number of nitrogens with zero attached hydrogens (tertiary/aromatic N) is 3. The number of methoxy groups -OCH3 is 1. The first-order valence-electron chi connectivity index (χ1n) is 9.18. The van der Waals surface area contributed by atoms with E-state index >= 15 is 0 Å². The van der Waals surface area contributed by atoms with Crippen LogP contribution >= 0.6 is 0 Å². The Labute approximate surface area is 169 Å². The van der Waals surface area contributed by atoms with Gasteiger partial charge in [0.25, 0.3) is 5.91 Å². The van der Waals surface area contributed by atoms with Gasteiger partial charge in [-0.15, -0.1) is 0 Å². The van der Waals surface area contributed by atoms with Crippen LogP contribution < -0.4 is 0 Å². The monoisotopic (exact) mass is 401 g/mol. The molecule has 2 aromatic rings. The molecule has 0 aliphatic carbocycles. The van der Waals surface area contributed by atoms with E-state index < -0.39 is 17.5 Å². The standard InChI is InChI=1S/C22H25F2N3O2/c1-14-8-18(16(3)27(14)15(2)13-29-5)10-19(11-25)22(28)26(4)12-17-6-7-20(23)21(24)9-17/h6-10,15H,12-13H2,1-5H3/b19-10+. The Kier molecular flexibility index (Phi) is 7.29. The van der Waals surface area contributed by atoms with E-state index in [1.54, 1.807) is 13.2 Å². The molecule has 1 aromatic carbocycles. The minimum absolute atomic E-state index is 0.0327. The van der Waals surface area contributed by atoms with Crippen LogP contribution in [0.2, 0.25) is 0 Å². The molecule has 1 heterocycles. The molecule has 0 saturated heterocycles. The molecule has 0 aliphatic heterocycles. The molecule has 0 fully saturated rings. The van der Waals surface area contributed by atoms with Crippen LogP contribution in [-0.2, 0) is 16.1 Å². The normalized spacial score (nSPS) is 12.6. The number of carbonyl (C=O) groups excluding carboxylic acids is 1. The Morgan fingerprint density at radius 3 is 2.59 bits per heavy atom. The van der Waals surface area contributed by atoms with E-state index in [0.29, 0.717) is 12.2 Å². The van der Waals surface area contributed by atoms with Crippen LogP contribution in [0.15, 0.2) is 29.8 Å². The van der Waals surface area contributed by atoms with E-state index in [1.165, 1.54) is 18.0 Å². The van der Waals surface area contributed by atoms with Crippen molar-refractivity contribution < 1.29 is 18.3 Å². The summed E-state index contributed by atoms with van der Waals surface area (Å²) < 4.78 is 33.8. The predicted octanol–water partition coefficient (Wildman–Crippen LogP) is 4.16. The summed E-state index contributed by atoms with van der Waals surface area (Å²) in [5.41, 5.74) is 3.10. The molecule has 0 N–H and O–H groups in total. The van der Waals surface area contributed by atoms with E-state index in [9.17, 15) is 18.8 Å². The molecule has 0 aliphatic rings. The number of aromatic nitrogens is 1. The third-order valence-electron chi connectivity index (χ3n) is 4.77. The van der Waals surface area contributed by atoms with E-state index in [-0.39, 0.29) is 18.2 Å². The minimum atomic E-state index is -0.975. The van der Waals surface area contributed by atoms with Gasteiger partial charge in [-0.1, -0.05) is 6.07 Å². The molecule has 1 amide bonds. The predicted molar refractivity (Wildman–Crippen MR) is 107 cm³/mol. The Hall–Kier alpha value is -2.98. The SMILES string of the molecule is COCC(C)n1c(C)cc(/C=C(\C#N)C(=O)N(C)Cc2ccc(F)c(F)c2)c1C. The summed E-state index contributed by atoms with van der Waals surface area (Å²) in [5.74, 6) is -2.41. The van der Waals surface area contributed by atoms with Gasteiger partial charge in [-0.2, -0.15) is 5.26 Å². The maximum atomic E-state index is 13.4. The van der Waals surface area contributed by atoms with Gasteiger partial charge in [0.15, 0.2) is 11.6 Å². The van der Waals surface area contributed by atoms with Crippen LogP contribution in [0, 0.1) is 36.8 Å². The van der Waals surface area contributed by atoms with Gasteiger partial charge >= 0.3 is 0 Å². The fourth-order valence-electron chi connectivity index (χ4n) is 3.43. The summed E-state index contributed by atoms with van der Waals surface area (Å²) in [4.78, 5) is 14.0. The maximum Gasteiger partial charge on any atom is 0.264 e. The number of aryl methyl sites for hydroxylation is 1. The molecule has 5 nitrogen and oxygen atoms in total. The second kappa shape index (κ2) is 9.48. The number of benzene rings is 1. The molecule has 29 heavy (non-hydrogen) atoms.